The molecule has 0 bridgehead atoms. The molecule has 0 fully saturated rings. The second-order valence-corrected chi connectivity index (χ2v) is 3.63. The first-order valence-corrected chi connectivity index (χ1v) is 5.83. The molecule has 1 aromatic rings. The van der Waals surface area contributed by atoms with Gasteiger partial charge in [0.1, 0.15) is 0 Å². The van der Waals surface area contributed by atoms with Crippen LogP contribution in [0.3, 0.4) is 0 Å². The first-order chi connectivity index (χ1) is 6.02. The van der Waals surface area contributed by atoms with Gasteiger partial charge >= 0.3 is 0 Å². The predicted octanol–water partition coefficient (Wildman–Crippen LogP) is 1.79. The fourth-order valence-electron chi connectivity index (χ4n) is 0.846. The first-order valence-electron chi connectivity index (χ1n) is 3.49. The van der Waals surface area contributed by atoms with E-state index in [0.717, 1.165) is 0 Å². The number of benzene rings is 1. The molecule has 5 heteroatoms. The summed E-state index contributed by atoms with van der Waals surface area (Å²) in [6.45, 7) is 1.63. The lowest BCUT2D eigenvalue weighted by molar-refractivity contribution is 0.482. The first kappa shape index (κ1) is 12.5. The third-order valence-electron chi connectivity index (χ3n) is 1.37. The van der Waals surface area contributed by atoms with Crippen molar-refractivity contribution in [2.75, 3.05) is 6.26 Å². The maximum absolute atomic E-state index is 10.6. The van der Waals surface area contributed by atoms with Gasteiger partial charge in [0.25, 0.3) is 10.1 Å². The molecule has 0 amide bonds. The van der Waals surface area contributed by atoms with Crippen molar-refractivity contribution in [3.05, 3.63) is 29.8 Å². The van der Waals surface area contributed by atoms with Crippen molar-refractivity contribution in [2.45, 2.75) is 11.8 Å². The molecule has 0 radical (unpaired) electrons. The summed E-state index contributed by atoms with van der Waals surface area (Å²) in [5.41, 5.74) is 0.551. The Bertz CT molecular complexity index is 357. The quantitative estimate of drug-likeness (QED) is 0.560. The van der Waals surface area contributed by atoms with E-state index in [0.29, 0.717) is 5.56 Å². The Morgan fingerprint density at radius 1 is 1.23 bits per heavy atom. The van der Waals surface area contributed by atoms with E-state index < -0.39 is 10.1 Å². The highest BCUT2D eigenvalue weighted by Gasteiger charge is 2.10. The van der Waals surface area contributed by atoms with Crippen LogP contribution in [0.4, 0.5) is 0 Å². The Morgan fingerprint density at radius 3 is 2.00 bits per heavy atom. The number of hydrogen-bond acceptors (Lipinski definition) is 3. The number of aryl methyl sites for hydroxylation is 1. The van der Waals surface area contributed by atoms with Crippen LogP contribution in [0.5, 0.6) is 0 Å². The monoisotopic (exact) mass is 220 g/mol. The highest BCUT2D eigenvalue weighted by Crippen LogP contribution is 2.12. The van der Waals surface area contributed by atoms with E-state index in [-0.39, 0.29) is 4.90 Å². The van der Waals surface area contributed by atoms with Crippen LogP contribution in [0.1, 0.15) is 5.56 Å². The van der Waals surface area contributed by atoms with E-state index in [1.54, 1.807) is 31.4 Å². The largest absolute Gasteiger partial charge is 0.294 e. The molecule has 1 N–H and O–H groups in total. The lowest BCUT2D eigenvalue weighted by atomic mass is 10.2. The molecule has 0 atom stereocenters. The molecule has 1 aromatic carbocycles. The van der Waals surface area contributed by atoms with Crippen LogP contribution in [0, 0.1) is 6.92 Å². The van der Waals surface area contributed by atoms with Crippen molar-refractivity contribution in [2.24, 2.45) is 0 Å². The van der Waals surface area contributed by atoms with Gasteiger partial charge in [-0.1, -0.05) is 18.2 Å². The Labute approximate surface area is 84.0 Å². The molecule has 74 valence electrons. The van der Waals surface area contributed by atoms with Gasteiger partial charge in [-0.05, 0) is 24.8 Å². The molecule has 0 saturated heterocycles. The lowest BCUT2D eigenvalue weighted by Crippen LogP contribution is -1.99. The van der Waals surface area contributed by atoms with Crippen molar-refractivity contribution in [3.63, 3.8) is 0 Å². The van der Waals surface area contributed by atoms with E-state index in [4.69, 9.17) is 4.55 Å². The maximum atomic E-state index is 10.6. The average molecular weight is 220 g/mol. The van der Waals surface area contributed by atoms with Crippen LogP contribution >= 0.6 is 12.6 Å². The van der Waals surface area contributed by atoms with Crippen molar-refractivity contribution in [3.8, 4) is 0 Å². The minimum Gasteiger partial charge on any atom is -0.282 e. The molecule has 13 heavy (non-hydrogen) atoms. The summed E-state index contributed by atoms with van der Waals surface area (Å²) in [5, 5.41) is 0. The lowest BCUT2D eigenvalue weighted by Gasteiger charge is -1.99. The minimum absolute atomic E-state index is 0.0278. The average Bonchev–Trinajstić information content (AvgIpc) is 2.07. The van der Waals surface area contributed by atoms with Crippen molar-refractivity contribution < 1.29 is 13.0 Å². The van der Waals surface area contributed by atoms with Gasteiger partial charge in [0.05, 0.1) is 4.90 Å². The third kappa shape index (κ3) is 3.80. The number of rotatable bonds is 1. The summed E-state index contributed by atoms with van der Waals surface area (Å²) in [5.74, 6) is 0. The van der Waals surface area contributed by atoms with E-state index in [1.807, 2.05) is 0 Å². The zero-order chi connectivity index (χ0) is 10.5. The highest BCUT2D eigenvalue weighted by atomic mass is 32.2. The highest BCUT2D eigenvalue weighted by molar-refractivity contribution is 7.85. The van der Waals surface area contributed by atoms with Gasteiger partial charge in [0.15, 0.2) is 0 Å². The number of thiol groups is 1. The summed E-state index contributed by atoms with van der Waals surface area (Å²) < 4.78 is 29.9. The summed E-state index contributed by atoms with van der Waals surface area (Å²) in [4.78, 5) is -0.0278. The van der Waals surface area contributed by atoms with Crippen LogP contribution in [-0.4, -0.2) is 19.2 Å². The fraction of sp³-hybridized carbons (Fsp3) is 0.250. The van der Waals surface area contributed by atoms with Crippen LogP contribution in [0.25, 0.3) is 0 Å². The minimum atomic E-state index is -4.03. The molecule has 0 unspecified atom stereocenters. The Kier molecular flexibility index (Phi) is 5.05. The Hall–Kier alpha value is -0.520. The molecule has 0 heterocycles. The van der Waals surface area contributed by atoms with Gasteiger partial charge in [0.2, 0.25) is 0 Å². The summed E-state index contributed by atoms with van der Waals surface area (Å²) in [7, 11) is -4.03. The van der Waals surface area contributed by atoms with Crippen LogP contribution < -0.4 is 0 Å². The second kappa shape index (κ2) is 5.26. The van der Waals surface area contributed by atoms with Crippen LogP contribution in [0.2, 0.25) is 0 Å². The SMILES string of the molecule is CS.Cc1ccccc1S(=O)(=O)O. The van der Waals surface area contributed by atoms with Gasteiger partial charge < -0.3 is 0 Å². The van der Waals surface area contributed by atoms with Crippen molar-refractivity contribution >= 4 is 22.7 Å². The summed E-state index contributed by atoms with van der Waals surface area (Å²) in [6.07, 6.45) is 1.69. The Morgan fingerprint density at radius 2 is 1.69 bits per heavy atom. The molecule has 0 saturated carbocycles. The summed E-state index contributed by atoms with van der Waals surface area (Å²) >= 11 is 3.53. The maximum Gasteiger partial charge on any atom is 0.294 e. The molecular weight excluding hydrogens is 208 g/mol. The van der Waals surface area contributed by atoms with Crippen LogP contribution in [0.15, 0.2) is 29.2 Å². The van der Waals surface area contributed by atoms with Gasteiger partial charge in [-0.15, -0.1) is 0 Å². The normalized spacial score (nSPS) is 10.2. The molecular formula is C8H12O3S2. The van der Waals surface area contributed by atoms with Crippen molar-refractivity contribution in [1.82, 2.24) is 0 Å². The zero-order valence-corrected chi connectivity index (χ0v) is 9.14. The van der Waals surface area contributed by atoms with Crippen molar-refractivity contribution in [1.29, 1.82) is 0 Å². The molecule has 0 spiro atoms. The van der Waals surface area contributed by atoms with Gasteiger partial charge in [-0.25, -0.2) is 0 Å². The summed E-state index contributed by atoms with van der Waals surface area (Å²) in [6, 6.07) is 6.27. The van der Waals surface area contributed by atoms with E-state index in [9.17, 15) is 8.42 Å². The predicted molar refractivity (Wildman–Crippen MR) is 55.9 cm³/mol. The number of hydrogen-bond donors (Lipinski definition) is 2. The molecule has 1 rings (SSSR count). The van der Waals surface area contributed by atoms with Gasteiger partial charge in [0, 0.05) is 0 Å². The fourth-order valence-corrected chi connectivity index (χ4v) is 1.57. The van der Waals surface area contributed by atoms with E-state index in [2.05, 4.69) is 12.6 Å². The topological polar surface area (TPSA) is 54.4 Å². The third-order valence-corrected chi connectivity index (χ3v) is 2.39. The van der Waals surface area contributed by atoms with E-state index in [1.165, 1.54) is 6.07 Å². The molecule has 0 aliphatic heterocycles. The standard InChI is InChI=1S/C7H8O3S.CH4S/c1-6-4-2-3-5-7(6)11(8,9)10;1-2/h2-5H,1H3,(H,8,9,10);2H,1H3. The van der Waals surface area contributed by atoms with Gasteiger partial charge in [-0.2, -0.15) is 21.0 Å². The molecule has 3 nitrogen and oxygen atoms in total. The Balaban J connectivity index is 0.000000671. The smallest absolute Gasteiger partial charge is 0.282 e. The molecule has 0 aliphatic carbocycles. The zero-order valence-electron chi connectivity index (χ0n) is 7.43. The molecule has 0 aromatic heterocycles. The van der Waals surface area contributed by atoms with E-state index >= 15 is 0 Å². The second-order valence-electron chi connectivity index (χ2n) is 2.24. The molecule has 0 aliphatic rings. The van der Waals surface area contributed by atoms with Crippen LogP contribution in [-0.2, 0) is 10.1 Å². The van der Waals surface area contributed by atoms with Gasteiger partial charge in [-0.3, -0.25) is 4.55 Å².